The zero-order valence-electron chi connectivity index (χ0n) is 19.2. The van der Waals surface area contributed by atoms with Gasteiger partial charge in [0.25, 0.3) is 5.89 Å². The van der Waals surface area contributed by atoms with Crippen molar-refractivity contribution in [1.29, 1.82) is 0 Å². The third kappa shape index (κ3) is 4.47. The lowest BCUT2D eigenvalue weighted by Gasteiger charge is -2.18. The molecule has 0 aliphatic carbocycles. The molecule has 1 saturated heterocycles. The third-order valence-electron chi connectivity index (χ3n) is 5.87. The smallest absolute Gasteiger partial charge is 0.257 e. The molecular weight excluding hydrogens is 406 g/mol. The van der Waals surface area contributed by atoms with Crippen LogP contribution in [-0.2, 0) is 16.8 Å². The molecule has 1 fully saturated rings. The van der Waals surface area contributed by atoms with E-state index in [1.165, 1.54) is 5.56 Å². The summed E-state index contributed by atoms with van der Waals surface area (Å²) < 4.78 is 16.2. The van der Waals surface area contributed by atoms with Crippen molar-refractivity contribution in [3.63, 3.8) is 0 Å². The van der Waals surface area contributed by atoms with Gasteiger partial charge in [-0.15, -0.1) is 0 Å². The van der Waals surface area contributed by atoms with Crippen LogP contribution in [0.5, 0.6) is 11.5 Å². The fourth-order valence-electron chi connectivity index (χ4n) is 3.92. The van der Waals surface area contributed by atoms with Crippen molar-refractivity contribution in [2.45, 2.75) is 45.1 Å². The Morgan fingerprint density at radius 2 is 1.84 bits per heavy atom. The standard InChI is InChI=1S/C25H29N3O4/c1-25(2,3)19-9-6-16(7-10-19)24-26-23(27-32-24)18-12-22(29)28(15-18)14-17-8-11-20(30-4)13-21(17)31-5/h6-11,13,18H,12,14-15H2,1-5H3. The number of carbonyl (C=O) groups excluding carboxylic acids is 1. The number of likely N-dealkylation sites (tertiary alicyclic amines) is 1. The minimum atomic E-state index is -0.0990. The quantitative estimate of drug-likeness (QED) is 0.565. The lowest BCUT2D eigenvalue weighted by Crippen LogP contribution is -2.24. The van der Waals surface area contributed by atoms with Gasteiger partial charge in [-0.2, -0.15) is 4.98 Å². The number of nitrogens with zero attached hydrogens (tertiary/aromatic N) is 3. The van der Waals surface area contributed by atoms with Crippen molar-refractivity contribution in [3.05, 3.63) is 59.4 Å². The lowest BCUT2D eigenvalue weighted by molar-refractivity contribution is -0.128. The molecule has 1 aliphatic heterocycles. The number of amides is 1. The zero-order chi connectivity index (χ0) is 22.9. The van der Waals surface area contributed by atoms with Gasteiger partial charge in [0.15, 0.2) is 5.82 Å². The second kappa shape index (κ2) is 8.65. The monoisotopic (exact) mass is 435 g/mol. The topological polar surface area (TPSA) is 77.7 Å². The first-order chi connectivity index (χ1) is 15.3. The second-order valence-electron chi connectivity index (χ2n) is 9.14. The molecule has 0 saturated carbocycles. The second-order valence-corrected chi connectivity index (χ2v) is 9.14. The highest BCUT2D eigenvalue weighted by Crippen LogP contribution is 2.32. The van der Waals surface area contributed by atoms with Gasteiger partial charge in [-0.25, -0.2) is 0 Å². The molecule has 32 heavy (non-hydrogen) atoms. The normalized spacial score (nSPS) is 16.5. The third-order valence-corrected chi connectivity index (χ3v) is 5.87. The molecule has 4 rings (SSSR count). The Morgan fingerprint density at radius 3 is 2.50 bits per heavy atom. The van der Waals surface area contributed by atoms with Crippen LogP contribution in [0.15, 0.2) is 47.0 Å². The van der Waals surface area contributed by atoms with Crippen molar-refractivity contribution in [1.82, 2.24) is 15.0 Å². The number of hydrogen-bond acceptors (Lipinski definition) is 6. The van der Waals surface area contributed by atoms with Crippen LogP contribution in [0.3, 0.4) is 0 Å². The molecule has 7 nitrogen and oxygen atoms in total. The SMILES string of the molecule is COc1ccc(CN2CC(c3noc(-c4ccc(C(C)(C)C)cc4)n3)CC2=O)c(OC)c1. The van der Waals surface area contributed by atoms with Gasteiger partial charge in [0.05, 0.1) is 14.2 Å². The van der Waals surface area contributed by atoms with E-state index in [0.717, 1.165) is 11.1 Å². The number of aromatic nitrogens is 2. The molecule has 0 radical (unpaired) electrons. The van der Waals surface area contributed by atoms with Crippen LogP contribution >= 0.6 is 0 Å². The Labute approximate surface area is 188 Å². The molecular formula is C25H29N3O4. The summed E-state index contributed by atoms with van der Waals surface area (Å²) in [6.07, 6.45) is 0.362. The van der Waals surface area contributed by atoms with E-state index in [2.05, 4.69) is 43.0 Å². The van der Waals surface area contributed by atoms with Crippen molar-refractivity contribution >= 4 is 5.91 Å². The largest absolute Gasteiger partial charge is 0.497 e. The first kappa shape index (κ1) is 21.9. The Balaban J connectivity index is 1.47. The molecule has 0 bridgehead atoms. The molecule has 7 heteroatoms. The van der Waals surface area contributed by atoms with Gasteiger partial charge in [-0.05, 0) is 35.2 Å². The molecule has 1 atom stereocenters. The summed E-state index contributed by atoms with van der Waals surface area (Å²) in [4.78, 5) is 19.1. The molecule has 168 valence electrons. The van der Waals surface area contributed by atoms with E-state index in [1.807, 2.05) is 35.2 Å². The van der Waals surface area contributed by atoms with E-state index >= 15 is 0 Å². The minimum absolute atomic E-state index is 0.0637. The van der Waals surface area contributed by atoms with E-state index in [0.29, 0.717) is 42.7 Å². The maximum Gasteiger partial charge on any atom is 0.257 e. The van der Waals surface area contributed by atoms with Gasteiger partial charge in [0.1, 0.15) is 11.5 Å². The molecule has 0 N–H and O–H groups in total. The molecule has 1 amide bonds. The highest BCUT2D eigenvalue weighted by Gasteiger charge is 2.34. The highest BCUT2D eigenvalue weighted by molar-refractivity contribution is 5.79. The summed E-state index contributed by atoms with van der Waals surface area (Å²) in [7, 11) is 3.23. The van der Waals surface area contributed by atoms with Crippen molar-refractivity contribution in [2.75, 3.05) is 20.8 Å². The van der Waals surface area contributed by atoms with Crippen molar-refractivity contribution < 1.29 is 18.8 Å². The van der Waals surface area contributed by atoms with Crippen LogP contribution in [0, 0.1) is 0 Å². The van der Waals surface area contributed by atoms with Gasteiger partial charge < -0.3 is 18.9 Å². The van der Waals surface area contributed by atoms with Crippen LogP contribution in [0.4, 0.5) is 0 Å². The zero-order valence-corrected chi connectivity index (χ0v) is 19.2. The molecule has 3 aromatic rings. The number of methoxy groups -OCH3 is 2. The van der Waals surface area contributed by atoms with Crippen LogP contribution in [-0.4, -0.2) is 41.7 Å². The van der Waals surface area contributed by atoms with E-state index in [-0.39, 0.29) is 17.2 Å². The molecule has 1 aromatic heterocycles. The van der Waals surface area contributed by atoms with Gasteiger partial charge >= 0.3 is 0 Å². The Kier molecular flexibility index (Phi) is 5.91. The molecule has 0 spiro atoms. The number of carbonyl (C=O) groups is 1. The molecule has 1 unspecified atom stereocenters. The maximum absolute atomic E-state index is 12.7. The van der Waals surface area contributed by atoms with Crippen molar-refractivity contribution in [3.8, 4) is 23.0 Å². The summed E-state index contributed by atoms with van der Waals surface area (Å²) in [5.74, 6) is 2.42. The van der Waals surface area contributed by atoms with Crippen LogP contribution in [0.25, 0.3) is 11.5 Å². The fraction of sp³-hybridized carbons (Fsp3) is 0.400. The summed E-state index contributed by atoms with van der Waals surface area (Å²) >= 11 is 0. The first-order valence-electron chi connectivity index (χ1n) is 10.7. The Morgan fingerprint density at radius 1 is 1.09 bits per heavy atom. The summed E-state index contributed by atoms with van der Waals surface area (Å²) in [6.45, 7) is 7.53. The number of benzene rings is 2. The average Bonchev–Trinajstić information content (AvgIpc) is 3.41. The van der Waals surface area contributed by atoms with Gasteiger partial charge in [-0.1, -0.05) is 38.1 Å². The highest BCUT2D eigenvalue weighted by atomic mass is 16.5. The van der Waals surface area contributed by atoms with Crippen molar-refractivity contribution in [2.24, 2.45) is 0 Å². The first-order valence-corrected chi connectivity index (χ1v) is 10.7. The minimum Gasteiger partial charge on any atom is -0.497 e. The van der Waals surface area contributed by atoms with Gasteiger partial charge in [0, 0.05) is 42.6 Å². The fourth-order valence-corrected chi connectivity index (χ4v) is 3.92. The molecule has 2 heterocycles. The summed E-state index contributed by atoms with van der Waals surface area (Å²) in [6, 6.07) is 13.8. The van der Waals surface area contributed by atoms with E-state index in [1.54, 1.807) is 14.2 Å². The predicted octanol–water partition coefficient (Wildman–Crippen LogP) is 4.57. The van der Waals surface area contributed by atoms with E-state index in [9.17, 15) is 4.79 Å². The summed E-state index contributed by atoms with van der Waals surface area (Å²) in [5.41, 5.74) is 3.13. The number of hydrogen-bond donors (Lipinski definition) is 0. The van der Waals surface area contributed by atoms with Gasteiger partial charge in [0.2, 0.25) is 5.91 Å². The van der Waals surface area contributed by atoms with Crippen LogP contribution in [0.1, 0.15) is 50.1 Å². The Hall–Kier alpha value is -3.35. The number of ether oxygens (including phenoxy) is 2. The number of rotatable bonds is 6. The van der Waals surface area contributed by atoms with E-state index < -0.39 is 0 Å². The van der Waals surface area contributed by atoms with Gasteiger partial charge in [-0.3, -0.25) is 4.79 Å². The maximum atomic E-state index is 12.7. The van der Waals surface area contributed by atoms with Crippen LogP contribution < -0.4 is 9.47 Å². The Bertz CT molecular complexity index is 1100. The molecule has 1 aliphatic rings. The van der Waals surface area contributed by atoms with Crippen LogP contribution in [0.2, 0.25) is 0 Å². The molecule has 2 aromatic carbocycles. The summed E-state index contributed by atoms with van der Waals surface area (Å²) in [5, 5.41) is 4.17. The van der Waals surface area contributed by atoms with E-state index in [4.69, 9.17) is 14.0 Å². The average molecular weight is 436 g/mol. The lowest BCUT2D eigenvalue weighted by atomic mass is 9.87. The predicted molar refractivity (Wildman–Crippen MR) is 121 cm³/mol.